The minimum absolute atomic E-state index is 0.00250. The van der Waals surface area contributed by atoms with E-state index in [-0.39, 0.29) is 42.2 Å². The first-order valence-electron chi connectivity index (χ1n) is 17.7. The predicted molar refractivity (Wildman–Crippen MR) is 186 cm³/mol. The van der Waals surface area contributed by atoms with Gasteiger partial charge >= 0.3 is 29.8 Å². The van der Waals surface area contributed by atoms with Gasteiger partial charge < -0.3 is 42.6 Å². The summed E-state index contributed by atoms with van der Waals surface area (Å²) < 4.78 is 53.3. The van der Waals surface area contributed by atoms with E-state index in [0.717, 1.165) is 17.7 Å². The molecule has 5 aliphatic rings. The SMILES string of the molecule is C=C1[C@@H]2C(=O)OC[C@@]23[C@@H](OC(C)=O)C[C@@H](OC(C)=O)[C@](COC(C)=O)(C(=O)OC)[C@@H]3C[C@H]1O[C@@]1(OC)[C@H]2C[C@@H]([C@H]1Br)[C@H](OCc1ccc(OC)cc1)C2. The molecular weight excluding hydrogens is 760 g/mol. The van der Waals surface area contributed by atoms with Gasteiger partial charge in [0.05, 0.1) is 49.2 Å². The first-order chi connectivity index (χ1) is 25.2. The normalized spacial score (nSPS) is 38.3. The molecule has 0 amide bonds. The minimum atomic E-state index is -1.86. The van der Waals surface area contributed by atoms with E-state index in [1.165, 1.54) is 27.9 Å². The van der Waals surface area contributed by atoms with Crippen molar-refractivity contribution in [1.82, 2.24) is 0 Å². The Morgan fingerprint density at radius 3 is 2.19 bits per heavy atom. The number of methoxy groups -OCH3 is 3. The zero-order valence-electron chi connectivity index (χ0n) is 30.8. The van der Waals surface area contributed by atoms with Gasteiger partial charge in [-0.15, -0.1) is 0 Å². The van der Waals surface area contributed by atoms with Crippen molar-refractivity contribution in [2.45, 2.75) is 88.1 Å². The Kier molecular flexibility index (Phi) is 11.1. The van der Waals surface area contributed by atoms with Gasteiger partial charge in [-0.2, -0.15) is 0 Å². The lowest BCUT2D eigenvalue weighted by Gasteiger charge is -2.61. The van der Waals surface area contributed by atoms with Crippen molar-refractivity contribution in [1.29, 1.82) is 0 Å². The van der Waals surface area contributed by atoms with Gasteiger partial charge in [0.25, 0.3) is 0 Å². The second-order valence-corrected chi connectivity index (χ2v) is 15.7. The van der Waals surface area contributed by atoms with Crippen LogP contribution in [0.15, 0.2) is 36.4 Å². The van der Waals surface area contributed by atoms with Crippen molar-refractivity contribution >= 4 is 45.8 Å². The average molecular weight is 808 g/mol. The predicted octanol–water partition coefficient (Wildman–Crippen LogP) is 3.84. The lowest BCUT2D eigenvalue weighted by atomic mass is 9.44. The van der Waals surface area contributed by atoms with Crippen LogP contribution < -0.4 is 4.74 Å². The fourth-order valence-corrected chi connectivity index (χ4v) is 11.2. The Hall–Kier alpha value is -3.53. The molecule has 0 unspecified atom stereocenters. The molecule has 2 bridgehead atoms. The largest absolute Gasteiger partial charge is 0.497 e. The monoisotopic (exact) mass is 806 g/mol. The van der Waals surface area contributed by atoms with Crippen LogP contribution in [0, 0.1) is 34.5 Å². The van der Waals surface area contributed by atoms with Crippen LogP contribution in [0.2, 0.25) is 0 Å². The summed E-state index contributed by atoms with van der Waals surface area (Å²) in [4.78, 5) is 65.2. The van der Waals surface area contributed by atoms with Gasteiger partial charge in [-0.3, -0.25) is 24.0 Å². The summed E-state index contributed by atoms with van der Waals surface area (Å²) in [7, 11) is 4.36. The average Bonchev–Trinajstić information content (AvgIpc) is 3.79. The third-order valence-corrected chi connectivity index (χ3v) is 13.5. The second-order valence-electron chi connectivity index (χ2n) is 14.7. The topological polar surface area (TPSA) is 168 Å². The molecule has 15 heteroatoms. The van der Waals surface area contributed by atoms with Crippen LogP contribution in [-0.4, -0.2) is 99.4 Å². The van der Waals surface area contributed by atoms with Gasteiger partial charge in [-0.25, -0.2) is 0 Å². The third kappa shape index (κ3) is 6.44. The van der Waals surface area contributed by atoms with Gasteiger partial charge in [0.1, 0.15) is 36.6 Å². The number of fused-ring (bicyclic) bond motifs is 2. The van der Waals surface area contributed by atoms with Crippen LogP contribution in [0.3, 0.4) is 0 Å². The highest BCUT2D eigenvalue weighted by molar-refractivity contribution is 9.09. The van der Waals surface area contributed by atoms with Crippen molar-refractivity contribution in [2.75, 3.05) is 34.5 Å². The first-order valence-corrected chi connectivity index (χ1v) is 18.6. The maximum Gasteiger partial charge on any atom is 0.319 e. The van der Waals surface area contributed by atoms with Crippen LogP contribution in [0.1, 0.15) is 52.0 Å². The molecule has 1 aliphatic heterocycles. The molecular formula is C38H47BrO14. The van der Waals surface area contributed by atoms with Crippen molar-refractivity contribution in [3.8, 4) is 5.75 Å². The van der Waals surface area contributed by atoms with Crippen molar-refractivity contribution in [3.05, 3.63) is 42.0 Å². The molecule has 1 aromatic rings. The van der Waals surface area contributed by atoms with Crippen LogP contribution >= 0.6 is 15.9 Å². The van der Waals surface area contributed by atoms with Crippen molar-refractivity contribution in [2.24, 2.45) is 34.5 Å². The molecule has 1 saturated heterocycles. The molecule has 0 N–H and O–H groups in total. The maximum absolute atomic E-state index is 14.2. The Morgan fingerprint density at radius 1 is 0.925 bits per heavy atom. The number of carbonyl (C=O) groups is 5. The molecule has 0 aromatic heterocycles. The van der Waals surface area contributed by atoms with Crippen LogP contribution in [0.5, 0.6) is 5.75 Å². The highest BCUT2D eigenvalue weighted by atomic mass is 79.9. The van der Waals surface area contributed by atoms with Gasteiger partial charge in [0.15, 0.2) is 5.79 Å². The summed E-state index contributed by atoms with van der Waals surface area (Å²) in [6, 6.07) is 7.70. The zero-order chi connectivity index (χ0) is 38.5. The zero-order valence-corrected chi connectivity index (χ0v) is 32.3. The Balaban J connectivity index is 1.36. The summed E-state index contributed by atoms with van der Waals surface area (Å²) in [5, 5.41) is 0. The number of alkyl halides is 1. The van der Waals surface area contributed by atoms with E-state index < -0.39 is 83.2 Å². The second kappa shape index (κ2) is 15.0. The quantitative estimate of drug-likeness (QED) is 0.0983. The summed E-state index contributed by atoms with van der Waals surface area (Å²) in [5.74, 6) is -6.21. The molecule has 1 heterocycles. The maximum atomic E-state index is 14.2. The van der Waals surface area contributed by atoms with Crippen LogP contribution in [-0.2, 0) is 68.5 Å². The fourth-order valence-electron chi connectivity index (χ4n) is 9.99. The number of esters is 5. The van der Waals surface area contributed by atoms with Crippen LogP contribution in [0.4, 0.5) is 0 Å². The molecule has 4 saturated carbocycles. The smallest absolute Gasteiger partial charge is 0.319 e. The van der Waals surface area contributed by atoms with Crippen molar-refractivity contribution < 1.29 is 66.6 Å². The third-order valence-electron chi connectivity index (χ3n) is 12.2. The minimum Gasteiger partial charge on any atom is -0.497 e. The van der Waals surface area contributed by atoms with Gasteiger partial charge in [0.2, 0.25) is 0 Å². The molecule has 5 fully saturated rings. The van der Waals surface area contributed by atoms with E-state index in [4.69, 9.17) is 42.6 Å². The highest BCUT2D eigenvalue weighted by Crippen LogP contribution is 2.67. The highest BCUT2D eigenvalue weighted by Gasteiger charge is 2.77. The number of benzene rings is 1. The number of halogens is 1. The Labute approximate surface area is 316 Å². The van der Waals surface area contributed by atoms with E-state index in [0.29, 0.717) is 18.6 Å². The molecule has 14 nitrogen and oxygen atoms in total. The molecule has 12 atom stereocenters. The molecule has 1 aromatic carbocycles. The molecule has 0 radical (unpaired) electrons. The number of hydrogen-bond donors (Lipinski definition) is 0. The molecule has 1 spiro atoms. The van der Waals surface area contributed by atoms with Gasteiger partial charge in [-0.05, 0) is 48.4 Å². The molecule has 4 aliphatic carbocycles. The van der Waals surface area contributed by atoms with E-state index >= 15 is 0 Å². The Morgan fingerprint density at radius 2 is 1.60 bits per heavy atom. The summed E-state index contributed by atoms with van der Waals surface area (Å²) in [6.07, 6.45) is -2.20. The fraction of sp³-hybridized carbons (Fsp3) is 0.658. The standard InChI is InChI=1S/C38H47BrO14/c1-19-27(53-38(47-7)24-12-26(33(38)39)28(13-24)48-16-23-8-10-25(45-5)11-9-23)14-29-36(17-50-34(43)32(19)36)30(51-21(3)41)15-31(52-22(4)42)37(29,35(44)46-6)18-49-20(2)40/h8-11,24,26-33H,1,12-18H2,2-7H3/t24-,26+,27+,28+,29+,30-,31+,32+,33+,36+,37+,38-/m0/s1. The lowest BCUT2D eigenvalue weighted by Crippen LogP contribution is -2.71. The van der Waals surface area contributed by atoms with Crippen LogP contribution in [0.25, 0.3) is 0 Å². The summed E-state index contributed by atoms with van der Waals surface area (Å²) in [6.45, 7) is 7.58. The van der Waals surface area contributed by atoms with E-state index in [9.17, 15) is 24.0 Å². The Bertz CT molecular complexity index is 1630. The van der Waals surface area contributed by atoms with E-state index in [2.05, 4.69) is 22.5 Å². The first kappa shape index (κ1) is 39.2. The van der Waals surface area contributed by atoms with Crippen molar-refractivity contribution in [3.63, 3.8) is 0 Å². The summed E-state index contributed by atoms with van der Waals surface area (Å²) in [5.41, 5.74) is -1.87. The molecule has 290 valence electrons. The number of ether oxygens (including phenoxy) is 9. The lowest BCUT2D eigenvalue weighted by molar-refractivity contribution is -0.287. The molecule has 53 heavy (non-hydrogen) atoms. The number of cyclic esters (lactones) is 1. The van der Waals surface area contributed by atoms with E-state index in [1.807, 2.05) is 24.3 Å². The summed E-state index contributed by atoms with van der Waals surface area (Å²) >= 11 is 3.90. The number of carbonyl (C=O) groups excluding carboxylic acids is 5. The number of hydrogen-bond acceptors (Lipinski definition) is 14. The molecule has 6 rings (SSSR count). The van der Waals surface area contributed by atoms with Gasteiger partial charge in [-0.1, -0.05) is 34.6 Å². The van der Waals surface area contributed by atoms with E-state index in [1.54, 1.807) is 14.2 Å². The van der Waals surface area contributed by atoms with Gasteiger partial charge in [0, 0.05) is 46.1 Å². The number of rotatable bonds is 12.